The number of amides is 2. The maximum atomic E-state index is 13.4. The SMILES string of the molecule is COc1ccc(F)cc1CC(=O)N1CCN(C(=O)C2CSCN2)CC1. The third kappa shape index (κ3) is 4.24. The lowest BCUT2D eigenvalue weighted by Gasteiger charge is -2.36. The molecule has 0 saturated carbocycles. The van der Waals surface area contributed by atoms with Crippen molar-refractivity contribution in [2.24, 2.45) is 0 Å². The van der Waals surface area contributed by atoms with Crippen molar-refractivity contribution in [2.45, 2.75) is 12.5 Å². The minimum atomic E-state index is -0.388. The van der Waals surface area contributed by atoms with Crippen LogP contribution in [0.15, 0.2) is 18.2 Å². The molecule has 2 aliphatic heterocycles. The van der Waals surface area contributed by atoms with E-state index in [2.05, 4.69) is 5.32 Å². The van der Waals surface area contributed by atoms with Crippen LogP contribution < -0.4 is 10.1 Å². The largest absolute Gasteiger partial charge is 0.496 e. The number of halogens is 1. The first-order chi connectivity index (χ1) is 12.1. The monoisotopic (exact) mass is 367 g/mol. The Morgan fingerprint density at radius 3 is 2.64 bits per heavy atom. The third-order valence-electron chi connectivity index (χ3n) is 4.54. The van der Waals surface area contributed by atoms with Crippen LogP contribution in [0.2, 0.25) is 0 Å². The van der Waals surface area contributed by atoms with E-state index in [1.54, 1.807) is 16.7 Å². The molecule has 0 aromatic heterocycles. The van der Waals surface area contributed by atoms with Gasteiger partial charge in [0.05, 0.1) is 19.6 Å². The Morgan fingerprint density at radius 2 is 2.00 bits per heavy atom. The van der Waals surface area contributed by atoms with Gasteiger partial charge in [0.1, 0.15) is 11.6 Å². The summed E-state index contributed by atoms with van der Waals surface area (Å²) in [6.07, 6.45) is 0.0930. The van der Waals surface area contributed by atoms with E-state index in [1.807, 2.05) is 4.90 Å². The van der Waals surface area contributed by atoms with E-state index in [0.29, 0.717) is 37.5 Å². The molecule has 0 spiro atoms. The van der Waals surface area contributed by atoms with Crippen molar-refractivity contribution in [3.63, 3.8) is 0 Å². The van der Waals surface area contributed by atoms with E-state index in [-0.39, 0.29) is 30.1 Å². The number of nitrogens with one attached hydrogen (secondary N) is 1. The molecule has 6 nitrogen and oxygen atoms in total. The van der Waals surface area contributed by atoms with Gasteiger partial charge in [0.25, 0.3) is 0 Å². The molecule has 8 heteroatoms. The van der Waals surface area contributed by atoms with E-state index in [0.717, 1.165) is 11.6 Å². The summed E-state index contributed by atoms with van der Waals surface area (Å²) in [6, 6.07) is 4.07. The molecule has 2 saturated heterocycles. The van der Waals surface area contributed by atoms with Gasteiger partial charge in [-0.1, -0.05) is 0 Å². The van der Waals surface area contributed by atoms with Gasteiger partial charge in [0.2, 0.25) is 11.8 Å². The molecule has 1 atom stereocenters. The second-order valence-electron chi connectivity index (χ2n) is 6.11. The molecule has 0 bridgehead atoms. The second-order valence-corrected chi connectivity index (χ2v) is 7.14. The number of benzene rings is 1. The van der Waals surface area contributed by atoms with Gasteiger partial charge in [-0.2, -0.15) is 0 Å². The first kappa shape index (κ1) is 18.0. The van der Waals surface area contributed by atoms with Crippen molar-refractivity contribution in [2.75, 3.05) is 44.9 Å². The Hall–Kier alpha value is -1.80. The molecule has 25 heavy (non-hydrogen) atoms. The van der Waals surface area contributed by atoms with Crippen molar-refractivity contribution in [1.29, 1.82) is 0 Å². The van der Waals surface area contributed by atoms with Crippen LogP contribution in [0.5, 0.6) is 5.75 Å². The molecule has 1 aromatic rings. The molecular formula is C17H22FN3O3S. The zero-order chi connectivity index (χ0) is 17.8. The average molecular weight is 367 g/mol. The molecule has 0 radical (unpaired) electrons. The van der Waals surface area contributed by atoms with Crippen LogP contribution in [0.1, 0.15) is 5.56 Å². The number of thioether (sulfide) groups is 1. The van der Waals surface area contributed by atoms with Crippen LogP contribution in [-0.4, -0.2) is 72.6 Å². The van der Waals surface area contributed by atoms with Crippen LogP contribution in [0, 0.1) is 5.82 Å². The fourth-order valence-corrected chi connectivity index (χ4v) is 4.04. The first-order valence-electron chi connectivity index (χ1n) is 8.28. The average Bonchev–Trinajstić information content (AvgIpc) is 3.16. The highest BCUT2D eigenvalue weighted by molar-refractivity contribution is 7.99. The van der Waals surface area contributed by atoms with E-state index in [1.165, 1.54) is 25.3 Å². The molecule has 2 aliphatic rings. The predicted octanol–water partition coefficient (Wildman–Crippen LogP) is 0.710. The minimum absolute atomic E-state index is 0.0782. The van der Waals surface area contributed by atoms with Crippen molar-refractivity contribution in [3.05, 3.63) is 29.6 Å². The van der Waals surface area contributed by atoms with Gasteiger partial charge in [-0.15, -0.1) is 11.8 Å². The lowest BCUT2D eigenvalue weighted by molar-refractivity contribution is -0.140. The number of piperazine rings is 1. The van der Waals surface area contributed by atoms with Gasteiger partial charge in [-0.3, -0.25) is 14.9 Å². The quantitative estimate of drug-likeness (QED) is 0.849. The topological polar surface area (TPSA) is 61.9 Å². The predicted molar refractivity (Wildman–Crippen MR) is 94.1 cm³/mol. The van der Waals surface area contributed by atoms with Crippen LogP contribution >= 0.6 is 11.8 Å². The number of carbonyl (C=O) groups is 2. The van der Waals surface area contributed by atoms with Crippen molar-refractivity contribution in [1.82, 2.24) is 15.1 Å². The van der Waals surface area contributed by atoms with Gasteiger partial charge in [0.15, 0.2) is 0 Å². The number of hydrogen-bond donors (Lipinski definition) is 1. The summed E-state index contributed by atoms with van der Waals surface area (Å²) in [5.41, 5.74) is 0.540. The molecule has 0 aliphatic carbocycles. The molecule has 2 amide bonds. The first-order valence-corrected chi connectivity index (χ1v) is 9.44. The molecule has 1 N–H and O–H groups in total. The Morgan fingerprint density at radius 1 is 1.28 bits per heavy atom. The highest BCUT2D eigenvalue weighted by Crippen LogP contribution is 2.21. The smallest absolute Gasteiger partial charge is 0.240 e. The summed E-state index contributed by atoms with van der Waals surface area (Å²) in [4.78, 5) is 28.4. The molecule has 2 fully saturated rings. The van der Waals surface area contributed by atoms with Crippen LogP contribution in [0.3, 0.4) is 0 Å². The van der Waals surface area contributed by atoms with Crippen molar-refractivity contribution >= 4 is 23.6 Å². The second kappa shape index (κ2) is 8.05. The molecule has 1 aromatic carbocycles. The van der Waals surface area contributed by atoms with Gasteiger partial charge in [-0.05, 0) is 18.2 Å². The standard InChI is InChI=1S/C17H22FN3O3S/c1-24-15-3-2-13(18)8-12(15)9-16(22)20-4-6-21(7-5-20)17(23)14-10-25-11-19-14/h2-3,8,14,19H,4-7,9-11H2,1H3. The zero-order valence-corrected chi connectivity index (χ0v) is 15.0. The van der Waals surface area contributed by atoms with E-state index in [9.17, 15) is 14.0 Å². The van der Waals surface area contributed by atoms with Gasteiger partial charge in [0, 0.05) is 43.4 Å². The fraction of sp³-hybridized carbons (Fsp3) is 0.529. The lowest BCUT2D eigenvalue weighted by Crippen LogP contribution is -2.54. The number of nitrogens with zero attached hydrogens (tertiary/aromatic N) is 2. The summed E-state index contributed by atoms with van der Waals surface area (Å²) in [5, 5.41) is 3.18. The molecule has 2 heterocycles. The lowest BCUT2D eigenvalue weighted by atomic mass is 10.1. The van der Waals surface area contributed by atoms with E-state index < -0.39 is 0 Å². The van der Waals surface area contributed by atoms with E-state index in [4.69, 9.17) is 4.74 Å². The molecular weight excluding hydrogens is 345 g/mol. The fourth-order valence-electron chi connectivity index (χ4n) is 3.11. The summed E-state index contributed by atoms with van der Waals surface area (Å²) in [5.74, 6) is 1.77. The maximum Gasteiger partial charge on any atom is 0.240 e. The summed E-state index contributed by atoms with van der Waals surface area (Å²) in [6.45, 7) is 2.07. The summed E-state index contributed by atoms with van der Waals surface area (Å²) in [7, 11) is 1.50. The van der Waals surface area contributed by atoms with E-state index >= 15 is 0 Å². The Labute approximate surface area is 150 Å². The Kier molecular flexibility index (Phi) is 5.80. The minimum Gasteiger partial charge on any atom is -0.496 e. The normalized spacial score (nSPS) is 20.6. The zero-order valence-electron chi connectivity index (χ0n) is 14.2. The van der Waals surface area contributed by atoms with Crippen LogP contribution in [0.4, 0.5) is 4.39 Å². The Balaban J connectivity index is 1.55. The highest BCUT2D eigenvalue weighted by Gasteiger charge is 2.30. The van der Waals surface area contributed by atoms with Crippen molar-refractivity contribution in [3.8, 4) is 5.75 Å². The third-order valence-corrected chi connectivity index (χ3v) is 5.48. The van der Waals surface area contributed by atoms with Crippen molar-refractivity contribution < 1.29 is 18.7 Å². The summed E-state index contributed by atoms with van der Waals surface area (Å²) < 4.78 is 18.6. The molecule has 136 valence electrons. The molecule has 1 unspecified atom stereocenters. The number of methoxy groups -OCH3 is 1. The maximum absolute atomic E-state index is 13.4. The number of hydrogen-bond acceptors (Lipinski definition) is 5. The number of ether oxygens (including phenoxy) is 1. The summed E-state index contributed by atoms with van der Waals surface area (Å²) >= 11 is 1.72. The Bertz CT molecular complexity index is 644. The highest BCUT2D eigenvalue weighted by atomic mass is 32.2. The van der Waals surface area contributed by atoms with Gasteiger partial charge in [-0.25, -0.2) is 4.39 Å². The molecule has 3 rings (SSSR count). The van der Waals surface area contributed by atoms with Gasteiger partial charge < -0.3 is 14.5 Å². The number of carbonyl (C=O) groups excluding carboxylic acids is 2. The number of rotatable bonds is 4. The van der Waals surface area contributed by atoms with Crippen LogP contribution in [0.25, 0.3) is 0 Å². The van der Waals surface area contributed by atoms with Gasteiger partial charge >= 0.3 is 0 Å². The van der Waals surface area contributed by atoms with Crippen LogP contribution in [-0.2, 0) is 16.0 Å².